The predicted molar refractivity (Wildman–Crippen MR) is 101 cm³/mol. The average Bonchev–Trinajstić information content (AvgIpc) is 2.59. The van der Waals surface area contributed by atoms with E-state index in [0.717, 1.165) is 11.3 Å². The Kier molecular flexibility index (Phi) is 4.99. The second kappa shape index (κ2) is 7.20. The molecule has 2 amide bonds. The van der Waals surface area contributed by atoms with Crippen molar-refractivity contribution in [2.45, 2.75) is 26.1 Å². The number of aliphatic imine (C=N–C) groups is 2. The molecule has 9 heteroatoms. The zero-order valence-corrected chi connectivity index (χ0v) is 15.1. The van der Waals surface area contributed by atoms with Crippen LogP contribution in [-0.2, 0) is 11.3 Å². The van der Waals surface area contributed by atoms with Crippen LogP contribution >= 0.6 is 0 Å². The van der Waals surface area contributed by atoms with Crippen LogP contribution in [0.5, 0.6) is 0 Å². The Morgan fingerprint density at radius 2 is 2.04 bits per heavy atom. The number of guanidine groups is 2. The van der Waals surface area contributed by atoms with Crippen molar-refractivity contribution >= 4 is 23.6 Å². The quantitative estimate of drug-likeness (QED) is 0.722. The number of nitrogens with one attached hydrogen (secondary N) is 1. The second-order valence-electron chi connectivity index (χ2n) is 6.70. The zero-order valence-electron chi connectivity index (χ0n) is 15.1. The number of benzene rings is 1. The molecule has 9 nitrogen and oxygen atoms in total. The van der Waals surface area contributed by atoms with Crippen LogP contribution in [0.1, 0.15) is 19.4 Å². The maximum Gasteiger partial charge on any atom is 0.317 e. The molecule has 0 aromatic heterocycles. The van der Waals surface area contributed by atoms with Gasteiger partial charge in [0.05, 0.1) is 13.2 Å². The number of anilines is 1. The Balaban J connectivity index is 1.70. The lowest BCUT2D eigenvalue weighted by Gasteiger charge is -2.38. The highest BCUT2D eigenvalue weighted by molar-refractivity contribution is 6.05. The fourth-order valence-electron chi connectivity index (χ4n) is 3.11. The van der Waals surface area contributed by atoms with E-state index in [1.165, 1.54) is 0 Å². The third kappa shape index (κ3) is 3.88. The van der Waals surface area contributed by atoms with Crippen LogP contribution in [0, 0.1) is 0 Å². The number of morpholine rings is 1. The molecular formula is C17H25N7O2. The minimum Gasteiger partial charge on any atom is -0.378 e. The van der Waals surface area contributed by atoms with Crippen LogP contribution in [0.25, 0.3) is 0 Å². The summed E-state index contributed by atoms with van der Waals surface area (Å²) in [6.45, 7) is 6.62. The van der Waals surface area contributed by atoms with E-state index in [-0.39, 0.29) is 18.0 Å². The largest absolute Gasteiger partial charge is 0.378 e. The Hall–Kier alpha value is -2.81. The summed E-state index contributed by atoms with van der Waals surface area (Å²) in [6.07, 6.45) is 0. The standard InChI is InChI=1S/C17H25N7O2/c1-17(2)22-14(18)21-15(19)24(17)13-5-3-4-12(10-13)11-20-16(25)23-6-8-26-9-7-23/h3-5,10H,6-9,11H2,1-2H3,(H,20,25)(H4,18,19,21,22). The first-order valence-corrected chi connectivity index (χ1v) is 8.56. The molecule has 0 spiro atoms. The molecular weight excluding hydrogens is 334 g/mol. The number of nitrogens with two attached hydrogens (primary N) is 2. The Labute approximate surface area is 152 Å². The molecule has 1 aromatic rings. The topological polar surface area (TPSA) is 122 Å². The maximum absolute atomic E-state index is 12.2. The van der Waals surface area contributed by atoms with E-state index in [4.69, 9.17) is 16.2 Å². The molecule has 0 unspecified atom stereocenters. The minimum atomic E-state index is -0.647. The summed E-state index contributed by atoms with van der Waals surface area (Å²) in [7, 11) is 0. The van der Waals surface area contributed by atoms with E-state index >= 15 is 0 Å². The summed E-state index contributed by atoms with van der Waals surface area (Å²) in [5.74, 6) is 0.453. The molecule has 0 radical (unpaired) electrons. The first kappa shape index (κ1) is 18.0. The average molecular weight is 359 g/mol. The molecule has 140 valence electrons. The highest BCUT2D eigenvalue weighted by Gasteiger charge is 2.33. The summed E-state index contributed by atoms with van der Waals surface area (Å²) in [4.78, 5) is 24.2. The van der Waals surface area contributed by atoms with Crippen molar-refractivity contribution in [1.29, 1.82) is 0 Å². The number of ether oxygens (including phenoxy) is 1. The van der Waals surface area contributed by atoms with Gasteiger partial charge in [0.2, 0.25) is 11.9 Å². The second-order valence-corrected chi connectivity index (χ2v) is 6.70. The van der Waals surface area contributed by atoms with E-state index in [9.17, 15) is 4.79 Å². The number of amides is 2. The fraction of sp³-hybridized carbons (Fsp3) is 0.471. The van der Waals surface area contributed by atoms with E-state index < -0.39 is 5.66 Å². The number of carbonyl (C=O) groups excluding carboxylic acids is 1. The van der Waals surface area contributed by atoms with Gasteiger partial charge in [0.15, 0.2) is 0 Å². The van der Waals surface area contributed by atoms with Gasteiger partial charge in [0, 0.05) is 25.3 Å². The van der Waals surface area contributed by atoms with Crippen LogP contribution in [0.2, 0.25) is 0 Å². The summed E-state index contributed by atoms with van der Waals surface area (Å²) in [5, 5.41) is 2.94. The third-order valence-corrected chi connectivity index (χ3v) is 4.30. The number of urea groups is 1. The van der Waals surface area contributed by atoms with Crippen molar-refractivity contribution in [3.63, 3.8) is 0 Å². The summed E-state index contributed by atoms with van der Waals surface area (Å²) < 4.78 is 5.26. The molecule has 0 atom stereocenters. The Morgan fingerprint density at radius 1 is 1.31 bits per heavy atom. The Morgan fingerprint density at radius 3 is 2.73 bits per heavy atom. The smallest absolute Gasteiger partial charge is 0.317 e. The third-order valence-electron chi connectivity index (χ3n) is 4.30. The lowest BCUT2D eigenvalue weighted by atomic mass is 10.1. The van der Waals surface area contributed by atoms with Crippen molar-refractivity contribution in [3.05, 3.63) is 29.8 Å². The van der Waals surface area contributed by atoms with Crippen LogP contribution < -0.4 is 21.7 Å². The first-order chi connectivity index (χ1) is 12.4. The lowest BCUT2D eigenvalue weighted by molar-refractivity contribution is 0.0531. The van der Waals surface area contributed by atoms with Crippen molar-refractivity contribution in [2.75, 3.05) is 31.2 Å². The number of rotatable bonds is 3. The van der Waals surface area contributed by atoms with Gasteiger partial charge >= 0.3 is 6.03 Å². The normalized spacial score (nSPS) is 19.6. The van der Waals surface area contributed by atoms with Crippen molar-refractivity contribution in [2.24, 2.45) is 21.5 Å². The number of hydrogen-bond donors (Lipinski definition) is 3. The predicted octanol–water partition coefficient (Wildman–Crippen LogP) is 0.414. The van der Waals surface area contributed by atoms with E-state index in [1.54, 1.807) is 4.90 Å². The molecule has 2 aliphatic rings. The molecule has 0 bridgehead atoms. The van der Waals surface area contributed by atoms with Crippen molar-refractivity contribution < 1.29 is 9.53 Å². The molecule has 2 aliphatic heterocycles. The minimum absolute atomic E-state index is 0.0875. The molecule has 0 saturated carbocycles. The fourth-order valence-corrected chi connectivity index (χ4v) is 3.11. The SMILES string of the molecule is CC1(C)N=C(N)N=C(N)N1c1cccc(CNC(=O)N2CCOCC2)c1. The number of hydrogen-bond acceptors (Lipinski definition) is 7. The molecule has 1 fully saturated rings. The first-order valence-electron chi connectivity index (χ1n) is 8.56. The van der Waals surface area contributed by atoms with Crippen LogP contribution in [0.3, 0.4) is 0 Å². The van der Waals surface area contributed by atoms with Gasteiger partial charge in [-0.3, -0.25) is 4.90 Å². The van der Waals surface area contributed by atoms with E-state index in [0.29, 0.717) is 32.8 Å². The maximum atomic E-state index is 12.2. The van der Waals surface area contributed by atoms with E-state index in [2.05, 4.69) is 15.3 Å². The highest BCUT2D eigenvalue weighted by Crippen LogP contribution is 2.27. The summed E-state index contributed by atoms with van der Waals surface area (Å²) >= 11 is 0. The van der Waals surface area contributed by atoms with E-state index in [1.807, 2.05) is 43.0 Å². The van der Waals surface area contributed by atoms with Gasteiger partial charge in [-0.15, -0.1) is 0 Å². The van der Waals surface area contributed by atoms with Gasteiger partial charge in [-0.05, 0) is 31.5 Å². The summed E-state index contributed by atoms with van der Waals surface area (Å²) in [5.41, 5.74) is 12.9. The summed E-state index contributed by atoms with van der Waals surface area (Å²) in [6, 6.07) is 7.66. The van der Waals surface area contributed by atoms with Crippen LogP contribution in [0.15, 0.2) is 34.3 Å². The highest BCUT2D eigenvalue weighted by atomic mass is 16.5. The molecule has 3 rings (SSSR count). The lowest BCUT2D eigenvalue weighted by Crippen LogP contribution is -2.54. The zero-order chi connectivity index (χ0) is 18.7. The molecule has 1 saturated heterocycles. The molecule has 1 aromatic carbocycles. The number of nitrogens with zero attached hydrogens (tertiary/aromatic N) is 4. The van der Waals surface area contributed by atoms with Crippen molar-refractivity contribution in [3.8, 4) is 0 Å². The molecule has 5 N–H and O–H groups in total. The Bertz CT molecular complexity index is 738. The van der Waals surface area contributed by atoms with Crippen LogP contribution in [-0.4, -0.2) is 54.8 Å². The van der Waals surface area contributed by atoms with Gasteiger partial charge in [-0.1, -0.05) is 12.1 Å². The molecule has 26 heavy (non-hydrogen) atoms. The van der Waals surface area contributed by atoms with Gasteiger partial charge in [0.1, 0.15) is 5.66 Å². The van der Waals surface area contributed by atoms with Gasteiger partial charge in [0.25, 0.3) is 0 Å². The molecule has 0 aliphatic carbocycles. The monoisotopic (exact) mass is 359 g/mol. The van der Waals surface area contributed by atoms with Crippen LogP contribution in [0.4, 0.5) is 10.5 Å². The van der Waals surface area contributed by atoms with Crippen molar-refractivity contribution in [1.82, 2.24) is 10.2 Å². The molecule has 2 heterocycles. The van der Waals surface area contributed by atoms with Gasteiger partial charge < -0.3 is 26.4 Å². The van der Waals surface area contributed by atoms with Gasteiger partial charge in [-0.25, -0.2) is 9.79 Å². The number of carbonyl (C=O) groups is 1. The van der Waals surface area contributed by atoms with Gasteiger partial charge in [-0.2, -0.15) is 4.99 Å².